The molecule has 0 spiro atoms. The Kier molecular flexibility index (Phi) is 4.02. The van der Waals surface area contributed by atoms with E-state index in [-0.39, 0.29) is 6.04 Å². The molecule has 0 aliphatic heterocycles. The summed E-state index contributed by atoms with van der Waals surface area (Å²) in [5, 5.41) is 0. The zero-order valence-corrected chi connectivity index (χ0v) is 12.1. The lowest BCUT2D eigenvalue weighted by Crippen LogP contribution is -2.34. The maximum absolute atomic E-state index is 14.1. The van der Waals surface area contributed by atoms with Crippen molar-refractivity contribution in [1.29, 1.82) is 0 Å². The van der Waals surface area contributed by atoms with Crippen LogP contribution in [0, 0.1) is 11.6 Å². The van der Waals surface area contributed by atoms with Crippen molar-refractivity contribution in [3.05, 3.63) is 29.3 Å². The Balaban J connectivity index is 2.53. The summed E-state index contributed by atoms with van der Waals surface area (Å²) >= 11 is 0. The molecular formula is C12H12ClF2NO3S. The zero-order valence-electron chi connectivity index (χ0n) is 10.6. The van der Waals surface area contributed by atoms with Crippen LogP contribution in [0.4, 0.5) is 8.78 Å². The van der Waals surface area contributed by atoms with Gasteiger partial charge in [0, 0.05) is 23.3 Å². The number of benzene rings is 1. The van der Waals surface area contributed by atoms with Gasteiger partial charge in [-0.05, 0) is 31.9 Å². The minimum atomic E-state index is -4.38. The largest absolute Gasteiger partial charge is 0.336 e. The lowest BCUT2D eigenvalue weighted by molar-refractivity contribution is 0.0742. The molecule has 0 heterocycles. The number of carbonyl (C=O) groups is 1. The topological polar surface area (TPSA) is 54.5 Å². The lowest BCUT2D eigenvalue weighted by atomic mass is 10.1. The first kappa shape index (κ1) is 15.2. The fourth-order valence-corrected chi connectivity index (χ4v) is 2.92. The fraction of sp³-hybridized carbons (Fsp3) is 0.417. The van der Waals surface area contributed by atoms with Crippen LogP contribution < -0.4 is 0 Å². The van der Waals surface area contributed by atoms with Crippen LogP contribution in [0.3, 0.4) is 0 Å². The Hall–Kier alpha value is -1.21. The van der Waals surface area contributed by atoms with Crippen molar-refractivity contribution in [2.24, 2.45) is 0 Å². The van der Waals surface area contributed by atoms with Gasteiger partial charge in [-0.2, -0.15) is 0 Å². The minimum absolute atomic E-state index is 0.0393. The van der Waals surface area contributed by atoms with Crippen molar-refractivity contribution in [3.63, 3.8) is 0 Å². The number of hydrogen-bond acceptors (Lipinski definition) is 3. The van der Waals surface area contributed by atoms with Crippen molar-refractivity contribution < 1.29 is 22.0 Å². The molecule has 0 atom stereocenters. The molecule has 20 heavy (non-hydrogen) atoms. The van der Waals surface area contributed by atoms with Crippen LogP contribution in [-0.4, -0.2) is 31.8 Å². The highest BCUT2D eigenvalue weighted by atomic mass is 35.7. The Morgan fingerprint density at radius 3 is 2.45 bits per heavy atom. The minimum Gasteiger partial charge on any atom is -0.336 e. The quantitative estimate of drug-likeness (QED) is 0.800. The first-order valence-electron chi connectivity index (χ1n) is 6.01. The van der Waals surface area contributed by atoms with Gasteiger partial charge in [0.1, 0.15) is 16.3 Å². The summed E-state index contributed by atoms with van der Waals surface area (Å²) in [6.45, 7) is 1.98. The summed E-state index contributed by atoms with van der Waals surface area (Å²) in [5.41, 5.74) is -0.875. The van der Waals surface area contributed by atoms with Crippen LogP contribution in [0.25, 0.3) is 0 Å². The number of rotatable bonds is 4. The Morgan fingerprint density at radius 1 is 1.40 bits per heavy atom. The van der Waals surface area contributed by atoms with E-state index in [4.69, 9.17) is 10.7 Å². The van der Waals surface area contributed by atoms with E-state index in [9.17, 15) is 22.0 Å². The second-order valence-electron chi connectivity index (χ2n) is 4.49. The number of amides is 1. The van der Waals surface area contributed by atoms with Crippen LogP contribution >= 0.6 is 10.7 Å². The molecule has 1 aliphatic carbocycles. The summed E-state index contributed by atoms with van der Waals surface area (Å²) < 4.78 is 50.2. The number of nitrogens with zero attached hydrogens (tertiary/aromatic N) is 1. The molecule has 1 saturated carbocycles. The van der Waals surface area contributed by atoms with Gasteiger partial charge in [0.15, 0.2) is 5.82 Å². The Bertz CT molecular complexity index is 659. The van der Waals surface area contributed by atoms with Crippen LogP contribution in [0.1, 0.15) is 30.1 Å². The Morgan fingerprint density at radius 2 is 2.00 bits per heavy atom. The van der Waals surface area contributed by atoms with E-state index in [0.717, 1.165) is 18.9 Å². The highest BCUT2D eigenvalue weighted by molar-refractivity contribution is 8.13. The van der Waals surface area contributed by atoms with Gasteiger partial charge in [-0.15, -0.1) is 0 Å². The van der Waals surface area contributed by atoms with Crippen LogP contribution in [-0.2, 0) is 9.05 Å². The molecule has 2 rings (SSSR count). The van der Waals surface area contributed by atoms with E-state index < -0.39 is 37.1 Å². The van der Waals surface area contributed by atoms with E-state index in [2.05, 4.69) is 0 Å². The molecule has 0 aromatic heterocycles. The zero-order chi connectivity index (χ0) is 15.1. The first-order chi connectivity index (χ1) is 9.27. The maximum atomic E-state index is 14.1. The summed E-state index contributed by atoms with van der Waals surface area (Å²) in [6, 6.07) is 1.39. The molecule has 0 saturated heterocycles. The van der Waals surface area contributed by atoms with Gasteiger partial charge in [0.05, 0.1) is 0 Å². The van der Waals surface area contributed by atoms with Gasteiger partial charge >= 0.3 is 0 Å². The molecule has 110 valence electrons. The average Bonchev–Trinajstić information content (AvgIpc) is 3.12. The monoisotopic (exact) mass is 323 g/mol. The van der Waals surface area contributed by atoms with Crippen molar-refractivity contribution in [2.75, 3.05) is 6.54 Å². The summed E-state index contributed by atoms with van der Waals surface area (Å²) in [6.07, 6.45) is 1.55. The van der Waals surface area contributed by atoms with Gasteiger partial charge in [-0.1, -0.05) is 0 Å². The first-order valence-corrected chi connectivity index (χ1v) is 8.32. The highest BCUT2D eigenvalue weighted by Gasteiger charge is 2.35. The third-order valence-electron chi connectivity index (χ3n) is 3.12. The maximum Gasteiger partial charge on any atom is 0.264 e. The predicted octanol–water partition coefficient (Wildman–Crippen LogP) is 2.52. The van der Waals surface area contributed by atoms with Crippen molar-refractivity contribution in [2.45, 2.75) is 30.7 Å². The summed E-state index contributed by atoms with van der Waals surface area (Å²) in [5.74, 6) is -3.40. The standard InChI is InChI=1S/C12H12ClF2NO3S/c1-2-16(7-3-4-7)12(17)10-8(14)5-6-9(11(10)15)20(13,18)19/h5-7H,2-4H2,1H3. The highest BCUT2D eigenvalue weighted by Crippen LogP contribution is 2.30. The number of halogens is 3. The molecule has 1 amide bonds. The van der Waals surface area contributed by atoms with E-state index in [1.54, 1.807) is 6.92 Å². The molecule has 0 unspecified atom stereocenters. The third-order valence-corrected chi connectivity index (χ3v) is 4.46. The number of carbonyl (C=O) groups excluding carboxylic acids is 1. The second-order valence-corrected chi connectivity index (χ2v) is 7.03. The molecule has 1 aromatic rings. The van der Waals surface area contributed by atoms with E-state index in [1.807, 2.05) is 0 Å². The molecule has 4 nitrogen and oxygen atoms in total. The molecule has 1 fully saturated rings. The molecule has 0 bridgehead atoms. The third kappa shape index (κ3) is 2.78. The van der Waals surface area contributed by atoms with Gasteiger partial charge in [0.25, 0.3) is 15.0 Å². The van der Waals surface area contributed by atoms with E-state index in [0.29, 0.717) is 12.6 Å². The predicted molar refractivity (Wildman–Crippen MR) is 69.1 cm³/mol. The summed E-state index contributed by atoms with van der Waals surface area (Å²) in [7, 11) is 0.683. The normalized spacial score (nSPS) is 15.2. The average molecular weight is 324 g/mol. The van der Waals surface area contributed by atoms with Gasteiger partial charge in [-0.3, -0.25) is 4.79 Å². The number of hydrogen-bond donors (Lipinski definition) is 0. The van der Waals surface area contributed by atoms with Gasteiger partial charge < -0.3 is 4.90 Å². The molecule has 8 heteroatoms. The smallest absolute Gasteiger partial charge is 0.264 e. The molecule has 0 N–H and O–H groups in total. The second kappa shape index (κ2) is 5.29. The molecule has 1 aromatic carbocycles. The van der Waals surface area contributed by atoms with Gasteiger partial charge in [-0.25, -0.2) is 17.2 Å². The van der Waals surface area contributed by atoms with Crippen LogP contribution in [0.15, 0.2) is 17.0 Å². The summed E-state index contributed by atoms with van der Waals surface area (Å²) in [4.78, 5) is 12.6. The fourth-order valence-electron chi connectivity index (χ4n) is 2.02. The SMILES string of the molecule is CCN(C(=O)c1c(F)ccc(S(=O)(=O)Cl)c1F)C1CC1. The van der Waals surface area contributed by atoms with Crippen molar-refractivity contribution in [1.82, 2.24) is 4.90 Å². The molecule has 0 radical (unpaired) electrons. The van der Waals surface area contributed by atoms with Gasteiger partial charge in [0.2, 0.25) is 0 Å². The van der Waals surface area contributed by atoms with E-state index in [1.165, 1.54) is 4.90 Å². The van der Waals surface area contributed by atoms with Crippen molar-refractivity contribution in [3.8, 4) is 0 Å². The molecular weight excluding hydrogens is 312 g/mol. The Labute approximate surface area is 119 Å². The van der Waals surface area contributed by atoms with Crippen LogP contribution in [0.2, 0.25) is 0 Å². The molecule has 1 aliphatic rings. The van der Waals surface area contributed by atoms with Crippen LogP contribution in [0.5, 0.6) is 0 Å². The van der Waals surface area contributed by atoms with Crippen molar-refractivity contribution >= 4 is 25.6 Å². The van der Waals surface area contributed by atoms with E-state index >= 15 is 0 Å². The lowest BCUT2D eigenvalue weighted by Gasteiger charge is -2.21.